The molecule has 2 atom stereocenters. The molecule has 2 rings (SSSR count). The number of carbonyl (C=O) groups is 1. The van der Waals surface area contributed by atoms with Gasteiger partial charge in [-0.25, -0.2) is 8.42 Å². The number of rotatable bonds is 5. The van der Waals surface area contributed by atoms with E-state index in [0.717, 1.165) is 5.92 Å². The van der Waals surface area contributed by atoms with Gasteiger partial charge < -0.3 is 10.6 Å². The maximum atomic E-state index is 11.7. The van der Waals surface area contributed by atoms with Gasteiger partial charge in [0, 0.05) is 25.6 Å². The SMILES string of the molecule is CC(CNC(=O)CC1CS(=O)(=O)CCN1)C1CC1. The van der Waals surface area contributed by atoms with Crippen molar-refractivity contribution < 1.29 is 13.2 Å². The van der Waals surface area contributed by atoms with Crippen molar-refractivity contribution in [2.45, 2.75) is 32.2 Å². The summed E-state index contributed by atoms with van der Waals surface area (Å²) in [4.78, 5) is 11.7. The van der Waals surface area contributed by atoms with Crippen molar-refractivity contribution in [1.29, 1.82) is 0 Å². The molecule has 0 aromatic carbocycles. The van der Waals surface area contributed by atoms with Gasteiger partial charge in [-0.15, -0.1) is 0 Å². The number of hydrogen-bond donors (Lipinski definition) is 2. The van der Waals surface area contributed by atoms with Gasteiger partial charge in [-0.2, -0.15) is 0 Å². The van der Waals surface area contributed by atoms with Crippen molar-refractivity contribution in [2.75, 3.05) is 24.6 Å². The summed E-state index contributed by atoms with van der Waals surface area (Å²) >= 11 is 0. The van der Waals surface area contributed by atoms with Crippen LogP contribution in [0, 0.1) is 11.8 Å². The minimum atomic E-state index is -2.95. The molecule has 1 aliphatic carbocycles. The highest BCUT2D eigenvalue weighted by Gasteiger charge is 2.29. The van der Waals surface area contributed by atoms with Crippen LogP contribution in [0.15, 0.2) is 0 Å². The summed E-state index contributed by atoms with van der Waals surface area (Å²) in [6.07, 6.45) is 2.82. The van der Waals surface area contributed by atoms with Gasteiger partial charge in [0.1, 0.15) is 0 Å². The predicted molar refractivity (Wildman–Crippen MR) is 70.0 cm³/mol. The normalized spacial score (nSPS) is 28.6. The zero-order chi connectivity index (χ0) is 13.2. The quantitative estimate of drug-likeness (QED) is 0.735. The van der Waals surface area contributed by atoms with Crippen LogP contribution in [0.3, 0.4) is 0 Å². The molecule has 0 radical (unpaired) electrons. The highest BCUT2D eigenvalue weighted by atomic mass is 32.2. The fraction of sp³-hybridized carbons (Fsp3) is 0.917. The number of nitrogens with one attached hydrogen (secondary N) is 2. The van der Waals surface area contributed by atoms with E-state index in [-0.39, 0.29) is 29.9 Å². The van der Waals surface area contributed by atoms with Gasteiger partial charge in [0.25, 0.3) is 0 Å². The molecular weight excluding hydrogens is 252 g/mol. The van der Waals surface area contributed by atoms with Gasteiger partial charge in [-0.1, -0.05) is 6.92 Å². The Morgan fingerprint density at radius 1 is 1.44 bits per heavy atom. The summed E-state index contributed by atoms with van der Waals surface area (Å²) < 4.78 is 22.9. The lowest BCUT2D eigenvalue weighted by atomic mass is 10.1. The lowest BCUT2D eigenvalue weighted by molar-refractivity contribution is -0.121. The highest BCUT2D eigenvalue weighted by Crippen LogP contribution is 2.36. The van der Waals surface area contributed by atoms with Crippen molar-refractivity contribution in [3.8, 4) is 0 Å². The van der Waals surface area contributed by atoms with Crippen LogP contribution in [-0.4, -0.2) is 45.0 Å². The Balaban J connectivity index is 1.70. The first-order valence-corrected chi connectivity index (χ1v) is 8.49. The number of hydrogen-bond acceptors (Lipinski definition) is 4. The van der Waals surface area contributed by atoms with Gasteiger partial charge in [0.15, 0.2) is 9.84 Å². The highest BCUT2D eigenvalue weighted by molar-refractivity contribution is 7.91. The lowest BCUT2D eigenvalue weighted by Gasteiger charge is -2.23. The summed E-state index contributed by atoms with van der Waals surface area (Å²) in [5.74, 6) is 1.54. The van der Waals surface area contributed by atoms with E-state index in [0.29, 0.717) is 19.0 Å². The fourth-order valence-electron chi connectivity index (χ4n) is 2.40. The van der Waals surface area contributed by atoms with E-state index in [4.69, 9.17) is 0 Å². The second kappa shape index (κ2) is 5.57. The van der Waals surface area contributed by atoms with E-state index in [9.17, 15) is 13.2 Å². The minimum absolute atomic E-state index is 0.0444. The van der Waals surface area contributed by atoms with Crippen molar-refractivity contribution in [3.05, 3.63) is 0 Å². The molecule has 1 saturated heterocycles. The molecule has 1 aliphatic heterocycles. The van der Waals surface area contributed by atoms with Gasteiger partial charge >= 0.3 is 0 Å². The van der Waals surface area contributed by atoms with Crippen molar-refractivity contribution in [2.24, 2.45) is 11.8 Å². The molecule has 1 heterocycles. The first-order chi connectivity index (χ1) is 8.46. The maximum Gasteiger partial charge on any atom is 0.221 e. The zero-order valence-corrected chi connectivity index (χ0v) is 11.6. The molecule has 0 bridgehead atoms. The molecule has 1 amide bonds. The van der Waals surface area contributed by atoms with Crippen molar-refractivity contribution in [3.63, 3.8) is 0 Å². The predicted octanol–water partition coefficient (Wildman–Crippen LogP) is -0.0746. The molecule has 5 nitrogen and oxygen atoms in total. The molecule has 104 valence electrons. The van der Waals surface area contributed by atoms with Crippen LogP contribution in [0.25, 0.3) is 0 Å². The first-order valence-electron chi connectivity index (χ1n) is 6.67. The topological polar surface area (TPSA) is 75.3 Å². The average molecular weight is 274 g/mol. The average Bonchev–Trinajstić information content (AvgIpc) is 3.08. The minimum Gasteiger partial charge on any atom is -0.356 e. The molecule has 18 heavy (non-hydrogen) atoms. The second-order valence-electron chi connectivity index (χ2n) is 5.59. The van der Waals surface area contributed by atoms with E-state index in [1.165, 1.54) is 12.8 Å². The van der Waals surface area contributed by atoms with Gasteiger partial charge in [0.05, 0.1) is 11.5 Å². The maximum absolute atomic E-state index is 11.7. The number of carbonyl (C=O) groups excluding carboxylic acids is 1. The van der Waals surface area contributed by atoms with Gasteiger partial charge in [-0.3, -0.25) is 4.79 Å². The molecule has 2 fully saturated rings. The summed E-state index contributed by atoms with van der Waals surface area (Å²) in [6.45, 7) is 3.32. The molecule has 2 aliphatic rings. The summed E-state index contributed by atoms with van der Waals surface area (Å²) in [5, 5.41) is 5.99. The van der Waals surface area contributed by atoms with E-state index in [1.807, 2.05) is 0 Å². The fourth-order valence-corrected chi connectivity index (χ4v) is 3.85. The molecule has 1 saturated carbocycles. The summed E-state index contributed by atoms with van der Waals surface area (Å²) in [6, 6.07) is -0.222. The molecule has 0 spiro atoms. The van der Waals surface area contributed by atoms with Gasteiger partial charge in [0.2, 0.25) is 5.91 Å². The molecular formula is C12H22N2O3S. The van der Waals surface area contributed by atoms with Crippen LogP contribution < -0.4 is 10.6 Å². The van der Waals surface area contributed by atoms with Crippen LogP contribution >= 0.6 is 0 Å². The molecule has 0 aromatic rings. The Labute approximate surface area is 109 Å². The van der Waals surface area contributed by atoms with Crippen molar-refractivity contribution in [1.82, 2.24) is 10.6 Å². The van der Waals surface area contributed by atoms with E-state index in [1.54, 1.807) is 0 Å². The Kier molecular flexibility index (Phi) is 4.27. The Hall–Kier alpha value is -0.620. The van der Waals surface area contributed by atoms with Gasteiger partial charge in [-0.05, 0) is 24.7 Å². The van der Waals surface area contributed by atoms with Crippen LogP contribution in [0.4, 0.5) is 0 Å². The first kappa shape index (κ1) is 13.8. The third kappa shape index (κ3) is 4.24. The zero-order valence-electron chi connectivity index (χ0n) is 10.8. The van der Waals surface area contributed by atoms with Crippen molar-refractivity contribution >= 4 is 15.7 Å². The number of amides is 1. The van der Waals surface area contributed by atoms with Crippen LogP contribution in [0.5, 0.6) is 0 Å². The van der Waals surface area contributed by atoms with E-state index < -0.39 is 9.84 Å². The molecule has 2 N–H and O–H groups in total. The summed E-state index contributed by atoms with van der Waals surface area (Å²) in [7, 11) is -2.95. The summed E-state index contributed by atoms with van der Waals surface area (Å²) in [5.41, 5.74) is 0. The van der Waals surface area contributed by atoms with E-state index >= 15 is 0 Å². The lowest BCUT2D eigenvalue weighted by Crippen LogP contribution is -2.47. The van der Waals surface area contributed by atoms with Crippen LogP contribution in [-0.2, 0) is 14.6 Å². The Morgan fingerprint density at radius 2 is 2.17 bits per heavy atom. The standard InChI is InChI=1S/C12H22N2O3S/c1-9(10-2-3-10)7-14-12(15)6-11-8-18(16,17)5-4-13-11/h9-11,13H,2-8H2,1H3,(H,14,15). The van der Waals surface area contributed by atoms with Crippen LogP contribution in [0.1, 0.15) is 26.2 Å². The van der Waals surface area contributed by atoms with E-state index in [2.05, 4.69) is 17.6 Å². The monoisotopic (exact) mass is 274 g/mol. The van der Waals surface area contributed by atoms with Crippen LogP contribution in [0.2, 0.25) is 0 Å². The smallest absolute Gasteiger partial charge is 0.221 e. The third-order valence-corrected chi connectivity index (χ3v) is 5.52. The Bertz CT molecular complexity index is 404. The number of sulfone groups is 1. The molecule has 0 aromatic heterocycles. The molecule has 2 unspecified atom stereocenters. The second-order valence-corrected chi connectivity index (χ2v) is 7.82. The third-order valence-electron chi connectivity index (χ3n) is 3.78. The Morgan fingerprint density at radius 3 is 2.78 bits per heavy atom. The largest absolute Gasteiger partial charge is 0.356 e. The molecule has 6 heteroatoms.